The van der Waals surface area contributed by atoms with Gasteiger partial charge in [-0.05, 0) is 18.6 Å². The quantitative estimate of drug-likeness (QED) is 0.681. The number of carbonyl (C=O) groups excluding carboxylic acids is 2. The van der Waals surface area contributed by atoms with Crippen LogP contribution in [0.4, 0.5) is 11.4 Å². The molecule has 1 atom stereocenters. The lowest BCUT2D eigenvalue weighted by molar-refractivity contribution is -0.131. The number of amides is 2. The molecule has 1 unspecified atom stereocenters. The molecule has 92 valence electrons. The number of benzene rings is 1. The monoisotopic (exact) mass is 244 g/mol. The third-order valence-corrected chi connectivity index (χ3v) is 3.14. The van der Waals surface area contributed by atoms with Gasteiger partial charge in [0.2, 0.25) is 11.6 Å². The number of rotatable bonds is 0. The molecular formula is C12H12N4O2. The van der Waals surface area contributed by atoms with Gasteiger partial charge in [0.25, 0.3) is 5.91 Å². The van der Waals surface area contributed by atoms with Crippen molar-refractivity contribution < 1.29 is 9.59 Å². The van der Waals surface area contributed by atoms with Crippen LogP contribution < -0.4 is 10.6 Å². The van der Waals surface area contributed by atoms with Crippen molar-refractivity contribution in [3.05, 3.63) is 24.3 Å². The Morgan fingerprint density at radius 1 is 1.22 bits per heavy atom. The zero-order valence-corrected chi connectivity index (χ0v) is 9.64. The number of nitrogens with one attached hydrogen (secondary N) is 2. The summed E-state index contributed by atoms with van der Waals surface area (Å²) in [5, 5.41) is 13.6. The number of para-hydroxylation sites is 1. The van der Waals surface area contributed by atoms with Crippen molar-refractivity contribution in [2.75, 3.05) is 5.32 Å². The lowest BCUT2D eigenvalue weighted by Crippen LogP contribution is -2.51. The molecule has 1 aromatic rings. The number of azo groups is 1. The lowest BCUT2D eigenvalue weighted by Gasteiger charge is -2.30. The van der Waals surface area contributed by atoms with E-state index in [0.717, 1.165) is 5.69 Å². The first-order chi connectivity index (χ1) is 8.70. The highest BCUT2D eigenvalue weighted by Crippen LogP contribution is 2.36. The molecule has 1 saturated heterocycles. The van der Waals surface area contributed by atoms with Crippen molar-refractivity contribution in [1.82, 2.24) is 5.32 Å². The van der Waals surface area contributed by atoms with Gasteiger partial charge in [-0.2, -0.15) is 5.11 Å². The molecule has 6 heteroatoms. The van der Waals surface area contributed by atoms with Gasteiger partial charge in [0.1, 0.15) is 5.69 Å². The zero-order chi connectivity index (χ0) is 12.6. The molecule has 2 aliphatic rings. The van der Waals surface area contributed by atoms with Crippen molar-refractivity contribution in [2.45, 2.75) is 24.9 Å². The maximum Gasteiger partial charge on any atom is 0.276 e. The van der Waals surface area contributed by atoms with Crippen LogP contribution in [-0.4, -0.2) is 17.5 Å². The largest absolute Gasteiger partial charge is 0.350 e. The number of carbonyl (C=O) groups is 2. The molecule has 0 aliphatic carbocycles. The van der Waals surface area contributed by atoms with E-state index in [1.165, 1.54) is 0 Å². The third kappa shape index (κ3) is 1.66. The van der Waals surface area contributed by atoms with E-state index in [1.54, 1.807) is 0 Å². The molecule has 2 heterocycles. The van der Waals surface area contributed by atoms with Gasteiger partial charge in [-0.25, -0.2) is 0 Å². The van der Waals surface area contributed by atoms with Crippen LogP contribution in [0.25, 0.3) is 0 Å². The van der Waals surface area contributed by atoms with Gasteiger partial charge in [-0.1, -0.05) is 12.1 Å². The Morgan fingerprint density at radius 2 is 2.06 bits per heavy atom. The molecule has 0 saturated carbocycles. The highest BCUT2D eigenvalue weighted by Gasteiger charge is 2.43. The summed E-state index contributed by atoms with van der Waals surface area (Å²) in [5.41, 5.74) is 0.323. The number of imide groups is 1. The number of hydrogen-bond donors (Lipinski definition) is 2. The van der Waals surface area contributed by atoms with E-state index in [9.17, 15) is 9.59 Å². The van der Waals surface area contributed by atoms with Gasteiger partial charge in [-0.3, -0.25) is 14.9 Å². The van der Waals surface area contributed by atoms with E-state index in [1.807, 2.05) is 24.3 Å². The summed E-state index contributed by atoms with van der Waals surface area (Å²) in [4.78, 5) is 23.4. The molecular weight excluding hydrogens is 232 g/mol. The van der Waals surface area contributed by atoms with Crippen molar-refractivity contribution >= 4 is 23.2 Å². The van der Waals surface area contributed by atoms with Gasteiger partial charge in [0, 0.05) is 12.8 Å². The minimum Gasteiger partial charge on any atom is -0.350 e. The summed E-state index contributed by atoms with van der Waals surface area (Å²) in [5.74, 6) is -0.684. The zero-order valence-electron chi connectivity index (χ0n) is 9.64. The maximum absolute atomic E-state index is 12.1. The van der Waals surface area contributed by atoms with Crippen LogP contribution in [0.5, 0.6) is 0 Å². The smallest absolute Gasteiger partial charge is 0.276 e. The van der Waals surface area contributed by atoms with E-state index in [-0.39, 0.29) is 5.91 Å². The lowest BCUT2D eigenvalue weighted by atomic mass is 10.0. The van der Waals surface area contributed by atoms with Crippen molar-refractivity contribution in [3.8, 4) is 0 Å². The van der Waals surface area contributed by atoms with Crippen LogP contribution in [0, 0.1) is 0 Å². The molecule has 2 N–H and O–H groups in total. The van der Waals surface area contributed by atoms with E-state index in [0.29, 0.717) is 24.9 Å². The fourth-order valence-corrected chi connectivity index (χ4v) is 2.18. The number of hydrogen-bond acceptors (Lipinski definition) is 5. The third-order valence-electron chi connectivity index (χ3n) is 3.14. The Kier molecular flexibility index (Phi) is 2.36. The van der Waals surface area contributed by atoms with E-state index in [4.69, 9.17) is 0 Å². The van der Waals surface area contributed by atoms with Crippen LogP contribution in [0.2, 0.25) is 0 Å². The Balaban J connectivity index is 1.98. The molecule has 0 bridgehead atoms. The van der Waals surface area contributed by atoms with Crippen molar-refractivity contribution in [2.24, 2.45) is 10.2 Å². The number of anilines is 1. The highest BCUT2D eigenvalue weighted by atomic mass is 16.2. The molecule has 2 amide bonds. The average Bonchev–Trinajstić information content (AvgIpc) is 2.50. The van der Waals surface area contributed by atoms with Crippen molar-refractivity contribution in [1.29, 1.82) is 0 Å². The summed E-state index contributed by atoms with van der Waals surface area (Å²) >= 11 is 0. The SMILES string of the molecule is O=C1CCCC2(N=Nc3ccccc3N2)C(=O)N1. The first-order valence-corrected chi connectivity index (χ1v) is 5.84. The summed E-state index contributed by atoms with van der Waals surface area (Å²) in [7, 11) is 0. The first-order valence-electron chi connectivity index (χ1n) is 5.84. The molecule has 2 aliphatic heterocycles. The van der Waals surface area contributed by atoms with Crippen molar-refractivity contribution in [3.63, 3.8) is 0 Å². The van der Waals surface area contributed by atoms with E-state index >= 15 is 0 Å². The Hall–Kier alpha value is -2.24. The molecule has 3 rings (SSSR count). The van der Waals surface area contributed by atoms with Crippen LogP contribution >= 0.6 is 0 Å². The minimum atomic E-state index is -1.14. The predicted molar refractivity (Wildman–Crippen MR) is 64.3 cm³/mol. The van der Waals surface area contributed by atoms with Crippen LogP contribution in [0.3, 0.4) is 0 Å². The summed E-state index contributed by atoms with van der Waals surface area (Å²) in [6.07, 6.45) is 1.40. The molecule has 1 spiro atoms. The normalized spacial score (nSPS) is 26.2. The van der Waals surface area contributed by atoms with Crippen LogP contribution in [0.1, 0.15) is 19.3 Å². The molecule has 1 aromatic carbocycles. The Morgan fingerprint density at radius 3 is 2.94 bits per heavy atom. The van der Waals surface area contributed by atoms with Gasteiger partial charge in [0.05, 0.1) is 5.69 Å². The second-order valence-electron chi connectivity index (χ2n) is 4.43. The highest BCUT2D eigenvalue weighted by molar-refractivity contribution is 6.02. The minimum absolute atomic E-state index is 0.257. The van der Waals surface area contributed by atoms with E-state index in [2.05, 4.69) is 20.9 Å². The summed E-state index contributed by atoms with van der Waals surface area (Å²) in [6, 6.07) is 7.38. The number of fused-ring (bicyclic) bond motifs is 1. The maximum atomic E-state index is 12.1. The average molecular weight is 244 g/mol. The van der Waals surface area contributed by atoms with Crippen LogP contribution in [0.15, 0.2) is 34.5 Å². The van der Waals surface area contributed by atoms with Gasteiger partial charge in [-0.15, -0.1) is 5.11 Å². The fourth-order valence-electron chi connectivity index (χ4n) is 2.18. The predicted octanol–water partition coefficient (Wildman–Crippen LogP) is 1.72. The standard InChI is InChI=1S/C12H12N4O2/c17-10-6-3-7-12(11(18)13-10)14-8-4-1-2-5-9(8)15-16-12/h1-2,4-5,14H,3,6-7H2,(H,13,17,18). The second kappa shape index (κ2) is 3.90. The van der Waals surface area contributed by atoms with Crippen LogP contribution in [-0.2, 0) is 9.59 Å². The molecule has 6 nitrogen and oxygen atoms in total. The fraction of sp³-hybridized carbons (Fsp3) is 0.333. The molecule has 1 fully saturated rings. The van der Waals surface area contributed by atoms with Gasteiger partial charge < -0.3 is 5.32 Å². The van der Waals surface area contributed by atoms with E-state index < -0.39 is 11.6 Å². The second-order valence-corrected chi connectivity index (χ2v) is 4.43. The topological polar surface area (TPSA) is 82.9 Å². The Bertz CT molecular complexity index is 555. The Labute approximate surface area is 103 Å². The molecule has 18 heavy (non-hydrogen) atoms. The number of nitrogens with zero attached hydrogens (tertiary/aromatic N) is 2. The van der Waals surface area contributed by atoms with Gasteiger partial charge >= 0.3 is 0 Å². The summed E-state index contributed by atoms with van der Waals surface area (Å²) < 4.78 is 0. The molecule has 0 radical (unpaired) electrons. The van der Waals surface area contributed by atoms with Gasteiger partial charge in [0.15, 0.2) is 0 Å². The first kappa shape index (κ1) is 10.9. The summed E-state index contributed by atoms with van der Waals surface area (Å²) in [6.45, 7) is 0. The molecule has 0 aromatic heterocycles.